The second-order valence-electron chi connectivity index (χ2n) is 4.71. The van der Waals surface area contributed by atoms with Gasteiger partial charge in [-0.25, -0.2) is 0 Å². The molecule has 0 aliphatic heterocycles. The van der Waals surface area contributed by atoms with E-state index < -0.39 is 0 Å². The molecule has 1 rings (SSSR count). The Morgan fingerprint density at radius 1 is 1.18 bits per heavy atom. The molecule has 96 valence electrons. The Balaban J connectivity index is 2.57. The monoisotopic (exact) mass is 237 g/mol. The highest BCUT2D eigenvalue weighted by Crippen LogP contribution is 2.23. The van der Waals surface area contributed by atoms with E-state index in [1.54, 1.807) is 0 Å². The Hall–Kier alpha value is -1.26. The van der Waals surface area contributed by atoms with Crippen LogP contribution in [0, 0.1) is 0 Å². The standard InChI is InChI=1S/C13H23N3O/c1-15(2)10-11(17)9-14-12-7-5-6-8-13(12)16(3)4/h5-8,11,14,17H,9-10H2,1-4H3. The van der Waals surface area contributed by atoms with Gasteiger partial charge in [-0.15, -0.1) is 0 Å². The lowest BCUT2D eigenvalue weighted by Gasteiger charge is -2.21. The molecular weight excluding hydrogens is 214 g/mol. The van der Waals surface area contributed by atoms with Crippen LogP contribution in [0.1, 0.15) is 0 Å². The minimum absolute atomic E-state index is 0.361. The summed E-state index contributed by atoms with van der Waals surface area (Å²) in [5, 5.41) is 13.1. The number of nitrogens with one attached hydrogen (secondary N) is 1. The third-order valence-corrected chi connectivity index (χ3v) is 2.49. The third-order valence-electron chi connectivity index (χ3n) is 2.49. The van der Waals surface area contributed by atoms with Gasteiger partial charge in [0, 0.05) is 27.2 Å². The first-order chi connectivity index (χ1) is 8.00. The van der Waals surface area contributed by atoms with Crippen LogP contribution in [0.2, 0.25) is 0 Å². The number of anilines is 2. The van der Waals surface area contributed by atoms with Gasteiger partial charge in [0.2, 0.25) is 0 Å². The van der Waals surface area contributed by atoms with Gasteiger partial charge in [-0.1, -0.05) is 12.1 Å². The Bertz CT molecular complexity index is 339. The number of aliphatic hydroxyl groups is 1. The average Bonchev–Trinajstić information content (AvgIpc) is 2.25. The number of para-hydroxylation sites is 2. The van der Waals surface area contributed by atoms with Crippen LogP contribution in [-0.2, 0) is 0 Å². The maximum atomic E-state index is 9.79. The fraction of sp³-hybridized carbons (Fsp3) is 0.538. The average molecular weight is 237 g/mol. The molecule has 0 saturated heterocycles. The van der Waals surface area contributed by atoms with Gasteiger partial charge in [0.25, 0.3) is 0 Å². The van der Waals surface area contributed by atoms with Gasteiger partial charge in [0.05, 0.1) is 17.5 Å². The van der Waals surface area contributed by atoms with Crippen molar-refractivity contribution in [1.82, 2.24) is 4.90 Å². The summed E-state index contributed by atoms with van der Waals surface area (Å²) in [6, 6.07) is 8.09. The minimum atomic E-state index is -0.361. The molecule has 1 unspecified atom stereocenters. The van der Waals surface area contributed by atoms with Crippen LogP contribution in [0.3, 0.4) is 0 Å². The number of rotatable bonds is 6. The predicted octanol–water partition coefficient (Wildman–Crippen LogP) is 1.09. The van der Waals surface area contributed by atoms with E-state index in [0.29, 0.717) is 13.1 Å². The first-order valence-corrected chi connectivity index (χ1v) is 5.83. The highest BCUT2D eigenvalue weighted by atomic mass is 16.3. The summed E-state index contributed by atoms with van der Waals surface area (Å²) in [6.45, 7) is 1.22. The molecule has 1 aromatic carbocycles. The summed E-state index contributed by atoms with van der Waals surface area (Å²) in [7, 11) is 7.93. The lowest BCUT2D eigenvalue weighted by molar-refractivity contribution is 0.148. The molecule has 2 N–H and O–H groups in total. The number of aliphatic hydroxyl groups excluding tert-OH is 1. The van der Waals surface area contributed by atoms with Gasteiger partial charge >= 0.3 is 0 Å². The van der Waals surface area contributed by atoms with E-state index in [2.05, 4.69) is 16.3 Å². The second kappa shape index (κ2) is 6.47. The Kier molecular flexibility index (Phi) is 5.25. The first kappa shape index (κ1) is 13.8. The number of nitrogens with zero attached hydrogens (tertiary/aromatic N) is 2. The smallest absolute Gasteiger partial charge is 0.0838 e. The Labute approximate surface area is 104 Å². The van der Waals surface area contributed by atoms with E-state index >= 15 is 0 Å². The van der Waals surface area contributed by atoms with Gasteiger partial charge in [-0.2, -0.15) is 0 Å². The van der Waals surface area contributed by atoms with Crippen LogP contribution >= 0.6 is 0 Å². The lowest BCUT2D eigenvalue weighted by Crippen LogP contribution is -2.31. The molecule has 17 heavy (non-hydrogen) atoms. The number of hydrogen-bond donors (Lipinski definition) is 2. The maximum Gasteiger partial charge on any atom is 0.0838 e. The molecule has 4 heteroatoms. The molecule has 0 amide bonds. The van der Waals surface area contributed by atoms with E-state index in [-0.39, 0.29) is 6.10 Å². The lowest BCUT2D eigenvalue weighted by atomic mass is 10.2. The van der Waals surface area contributed by atoms with Gasteiger partial charge in [0.1, 0.15) is 0 Å². The van der Waals surface area contributed by atoms with Crippen LogP contribution in [-0.4, -0.2) is 57.4 Å². The summed E-state index contributed by atoms with van der Waals surface area (Å²) in [6.07, 6.45) is -0.361. The molecule has 0 aromatic heterocycles. The van der Waals surface area contributed by atoms with E-state index in [0.717, 1.165) is 11.4 Å². The molecular formula is C13H23N3O. The fourth-order valence-corrected chi connectivity index (χ4v) is 1.73. The zero-order chi connectivity index (χ0) is 12.8. The second-order valence-corrected chi connectivity index (χ2v) is 4.71. The van der Waals surface area contributed by atoms with Crippen molar-refractivity contribution in [2.24, 2.45) is 0 Å². The van der Waals surface area contributed by atoms with Crippen molar-refractivity contribution in [1.29, 1.82) is 0 Å². The zero-order valence-corrected chi connectivity index (χ0v) is 11.1. The molecule has 0 aliphatic rings. The molecule has 0 aliphatic carbocycles. The van der Waals surface area contributed by atoms with Gasteiger partial charge < -0.3 is 20.2 Å². The van der Waals surface area contributed by atoms with Crippen molar-refractivity contribution in [3.8, 4) is 0 Å². The van der Waals surface area contributed by atoms with Crippen molar-refractivity contribution < 1.29 is 5.11 Å². The van der Waals surface area contributed by atoms with Crippen LogP contribution in [0.5, 0.6) is 0 Å². The van der Waals surface area contributed by atoms with E-state index in [1.165, 1.54) is 0 Å². The summed E-state index contributed by atoms with van der Waals surface area (Å²) >= 11 is 0. The van der Waals surface area contributed by atoms with Crippen molar-refractivity contribution in [3.05, 3.63) is 24.3 Å². The number of hydrogen-bond acceptors (Lipinski definition) is 4. The zero-order valence-electron chi connectivity index (χ0n) is 11.1. The Morgan fingerprint density at radius 2 is 1.82 bits per heavy atom. The van der Waals surface area contributed by atoms with E-state index in [1.807, 2.05) is 51.3 Å². The van der Waals surface area contributed by atoms with Crippen molar-refractivity contribution in [2.75, 3.05) is 51.5 Å². The molecule has 0 bridgehead atoms. The molecule has 1 atom stereocenters. The number of benzene rings is 1. The van der Waals surface area contributed by atoms with Crippen molar-refractivity contribution >= 4 is 11.4 Å². The van der Waals surface area contributed by atoms with Gasteiger partial charge in [0.15, 0.2) is 0 Å². The van der Waals surface area contributed by atoms with E-state index in [4.69, 9.17) is 0 Å². The fourth-order valence-electron chi connectivity index (χ4n) is 1.73. The minimum Gasteiger partial charge on any atom is -0.390 e. The molecule has 0 radical (unpaired) electrons. The molecule has 0 heterocycles. The van der Waals surface area contributed by atoms with Crippen LogP contribution in [0.25, 0.3) is 0 Å². The highest BCUT2D eigenvalue weighted by molar-refractivity contribution is 5.69. The third kappa shape index (κ3) is 4.63. The normalized spacial score (nSPS) is 12.6. The summed E-state index contributed by atoms with van der Waals surface area (Å²) in [5.41, 5.74) is 2.18. The van der Waals surface area contributed by atoms with Crippen LogP contribution in [0.15, 0.2) is 24.3 Å². The predicted molar refractivity (Wildman–Crippen MR) is 73.8 cm³/mol. The van der Waals surface area contributed by atoms with Crippen LogP contribution < -0.4 is 10.2 Å². The summed E-state index contributed by atoms with van der Waals surface area (Å²) in [4.78, 5) is 4.03. The largest absolute Gasteiger partial charge is 0.390 e. The van der Waals surface area contributed by atoms with Gasteiger partial charge in [-0.05, 0) is 26.2 Å². The SMILES string of the molecule is CN(C)CC(O)CNc1ccccc1N(C)C. The number of likely N-dealkylation sites (N-methyl/N-ethyl adjacent to an activating group) is 1. The molecule has 1 aromatic rings. The Morgan fingerprint density at radius 3 is 2.41 bits per heavy atom. The summed E-state index contributed by atoms with van der Waals surface area (Å²) in [5.74, 6) is 0. The quantitative estimate of drug-likeness (QED) is 0.777. The van der Waals surface area contributed by atoms with Crippen LogP contribution in [0.4, 0.5) is 11.4 Å². The first-order valence-electron chi connectivity index (χ1n) is 5.83. The maximum absolute atomic E-state index is 9.79. The van der Waals surface area contributed by atoms with E-state index in [9.17, 15) is 5.11 Å². The molecule has 4 nitrogen and oxygen atoms in total. The highest BCUT2D eigenvalue weighted by Gasteiger charge is 2.07. The summed E-state index contributed by atoms with van der Waals surface area (Å²) < 4.78 is 0. The molecule has 0 saturated carbocycles. The molecule has 0 fully saturated rings. The van der Waals surface area contributed by atoms with Crippen molar-refractivity contribution in [3.63, 3.8) is 0 Å². The topological polar surface area (TPSA) is 38.7 Å². The molecule has 0 spiro atoms. The van der Waals surface area contributed by atoms with Gasteiger partial charge in [-0.3, -0.25) is 0 Å². The van der Waals surface area contributed by atoms with Crippen molar-refractivity contribution in [2.45, 2.75) is 6.10 Å².